The van der Waals surface area contributed by atoms with Crippen LogP contribution in [0.2, 0.25) is 0 Å². The van der Waals surface area contributed by atoms with E-state index in [2.05, 4.69) is 5.32 Å². The molecular weight excluding hydrogens is 266 g/mol. The van der Waals surface area contributed by atoms with Gasteiger partial charge in [0.25, 0.3) is 0 Å². The van der Waals surface area contributed by atoms with Crippen LogP contribution in [0, 0.1) is 5.41 Å². The van der Waals surface area contributed by atoms with E-state index in [1.807, 2.05) is 30.3 Å². The minimum Gasteiger partial charge on any atom is -0.457 e. The number of amidine groups is 1. The zero-order valence-corrected chi connectivity index (χ0v) is 11.7. The minimum absolute atomic E-state index is 0.163. The summed E-state index contributed by atoms with van der Waals surface area (Å²) in [5, 5.41) is 10.5. The third kappa shape index (κ3) is 3.60. The number of esters is 1. The molecule has 0 aromatic heterocycles. The highest BCUT2D eigenvalue weighted by molar-refractivity contribution is 6.06. The van der Waals surface area contributed by atoms with Gasteiger partial charge in [0.15, 0.2) is 0 Å². The van der Waals surface area contributed by atoms with Crippen molar-refractivity contribution in [2.45, 2.75) is 6.61 Å². The fraction of sp³-hybridized carbons (Fsp3) is 0.125. The molecule has 0 amide bonds. The summed E-state index contributed by atoms with van der Waals surface area (Å²) in [4.78, 5) is 12.2. The van der Waals surface area contributed by atoms with Crippen molar-refractivity contribution in [2.24, 2.45) is 5.73 Å². The molecule has 0 bridgehead atoms. The largest absolute Gasteiger partial charge is 0.457 e. The van der Waals surface area contributed by atoms with E-state index < -0.39 is 5.97 Å². The van der Waals surface area contributed by atoms with Gasteiger partial charge in [-0.15, -0.1) is 0 Å². The Morgan fingerprint density at radius 3 is 2.52 bits per heavy atom. The van der Waals surface area contributed by atoms with Crippen molar-refractivity contribution >= 4 is 17.5 Å². The first-order valence-corrected chi connectivity index (χ1v) is 6.49. The number of hydrogen-bond donors (Lipinski definition) is 3. The van der Waals surface area contributed by atoms with Gasteiger partial charge in [-0.1, -0.05) is 30.3 Å². The first kappa shape index (κ1) is 14.6. The second kappa shape index (κ2) is 6.56. The Hall–Kier alpha value is -2.82. The van der Waals surface area contributed by atoms with Crippen molar-refractivity contribution in [2.75, 3.05) is 12.4 Å². The fourth-order valence-corrected chi connectivity index (χ4v) is 1.90. The third-order valence-electron chi connectivity index (χ3n) is 3.03. The SMILES string of the molecule is CNc1ccc(C(=N)N)c(C(=O)OCc2ccccc2)c1. The van der Waals surface area contributed by atoms with Gasteiger partial charge in [0, 0.05) is 18.3 Å². The highest BCUT2D eigenvalue weighted by Gasteiger charge is 2.15. The number of rotatable bonds is 5. The van der Waals surface area contributed by atoms with Crippen LogP contribution in [0.3, 0.4) is 0 Å². The second-order valence-electron chi connectivity index (χ2n) is 4.49. The van der Waals surface area contributed by atoms with E-state index >= 15 is 0 Å². The molecule has 0 aliphatic rings. The van der Waals surface area contributed by atoms with Crippen LogP contribution in [0.25, 0.3) is 0 Å². The predicted molar refractivity (Wildman–Crippen MR) is 82.6 cm³/mol. The van der Waals surface area contributed by atoms with E-state index in [-0.39, 0.29) is 18.0 Å². The molecule has 0 saturated carbocycles. The van der Waals surface area contributed by atoms with Crippen molar-refractivity contribution < 1.29 is 9.53 Å². The summed E-state index contributed by atoms with van der Waals surface area (Å²) in [7, 11) is 1.75. The lowest BCUT2D eigenvalue weighted by Gasteiger charge is -2.11. The maximum absolute atomic E-state index is 12.2. The lowest BCUT2D eigenvalue weighted by Crippen LogP contribution is -2.18. The van der Waals surface area contributed by atoms with Gasteiger partial charge in [-0.05, 0) is 23.8 Å². The number of nitrogens with one attached hydrogen (secondary N) is 2. The van der Waals surface area contributed by atoms with Crippen LogP contribution in [0.15, 0.2) is 48.5 Å². The summed E-state index contributed by atoms with van der Waals surface area (Å²) >= 11 is 0. The van der Waals surface area contributed by atoms with Crippen LogP contribution < -0.4 is 11.1 Å². The second-order valence-corrected chi connectivity index (χ2v) is 4.49. The summed E-state index contributed by atoms with van der Waals surface area (Å²) in [5.41, 5.74) is 7.82. The van der Waals surface area contributed by atoms with Gasteiger partial charge >= 0.3 is 5.97 Å². The quantitative estimate of drug-likeness (QED) is 0.446. The fourth-order valence-electron chi connectivity index (χ4n) is 1.90. The van der Waals surface area contributed by atoms with Gasteiger partial charge in [0.1, 0.15) is 12.4 Å². The molecule has 0 aliphatic carbocycles. The number of benzene rings is 2. The maximum Gasteiger partial charge on any atom is 0.339 e. The van der Waals surface area contributed by atoms with Crippen molar-refractivity contribution in [3.63, 3.8) is 0 Å². The number of hydrogen-bond acceptors (Lipinski definition) is 4. The molecule has 2 aromatic carbocycles. The summed E-state index contributed by atoms with van der Waals surface area (Å²) in [6.45, 7) is 0.181. The van der Waals surface area contributed by atoms with Gasteiger partial charge in [-0.2, -0.15) is 0 Å². The Kier molecular flexibility index (Phi) is 4.56. The van der Waals surface area contributed by atoms with Crippen LogP contribution in [0.1, 0.15) is 21.5 Å². The van der Waals surface area contributed by atoms with E-state index in [4.69, 9.17) is 15.9 Å². The molecule has 0 fully saturated rings. The molecule has 0 atom stereocenters. The van der Waals surface area contributed by atoms with Gasteiger partial charge in [-0.25, -0.2) is 4.79 Å². The van der Waals surface area contributed by atoms with Crippen LogP contribution in [0.4, 0.5) is 5.69 Å². The average molecular weight is 283 g/mol. The van der Waals surface area contributed by atoms with Gasteiger partial charge in [-0.3, -0.25) is 5.41 Å². The molecule has 0 spiro atoms. The summed E-state index contributed by atoms with van der Waals surface area (Å²) in [5.74, 6) is -0.662. The molecule has 2 rings (SSSR count). The smallest absolute Gasteiger partial charge is 0.339 e. The molecule has 0 saturated heterocycles. The normalized spacial score (nSPS) is 9.95. The molecule has 5 heteroatoms. The summed E-state index contributed by atoms with van der Waals surface area (Å²) in [6.07, 6.45) is 0. The first-order chi connectivity index (χ1) is 10.1. The van der Waals surface area contributed by atoms with Gasteiger partial charge < -0.3 is 15.8 Å². The number of ether oxygens (including phenoxy) is 1. The molecule has 2 aromatic rings. The monoisotopic (exact) mass is 283 g/mol. The number of carbonyl (C=O) groups excluding carboxylic acids is 1. The molecule has 108 valence electrons. The number of nitrogen functional groups attached to an aromatic ring is 1. The van der Waals surface area contributed by atoms with Crippen molar-refractivity contribution in [3.05, 3.63) is 65.2 Å². The van der Waals surface area contributed by atoms with Crippen molar-refractivity contribution in [1.29, 1.82) is 5.41 Å². The molecular formula is C16H17N3O2. The highest BCUT2D eigenvalue weighted by atomic mass is 16.5. The molecule has 4 N–H and O–H groups in total. The van der Waals surface area contributed by atoms with Gasteiger partial charge in [0.2, 0.25) is 0 Å². The Morgan fingerprint density at radius 1 is 1.19 bits per heavy atom. The van der Waals surface area contributed by atoms with Crippen LogP contribution in [0.5, 0.6) is 0 Å². The Bertz CT molecular complexity index is 654. The molecule has 0 unspecified atom stereocenters. The van der Waals surface area contributed by atoms with Crippen molar-refractivity contribution in [1.82, 2.24) is 0 Å². The third-order valence-corrected chi connectivity index (χ3v) is 3.03. The van der Waals surface area contributed by atoms with Crippen LogP contribution in [-0.4, -0.2) is 18.9 Å². The van der Waals surface area contributed by atoms with E-state index in [9.17, 15) is 4.79 Å². The zero-order valence-electron chi connectivity index (χ0n) is 11.7. The number of nitrogens with two attached hydrogens (primary N) is 1. The first-order valence-electron chi connectivity index (χ1n) is 6.49. The Balaban J connectivity index is 2.19. The molecule has 0 radical (unpaired) electrons. The number of carbonyl (C=O) groups is 1. The van der Waals surface area contributed by atoms with E-state index in [1.165, 1.54) is 0 Å². The van der Waals surface area contributed by atoms with Crippen LogP contribution in [-0.2, 0) is 11.3 Å². The Morgan fingerprint density at radius 2 is 1.90 bits per heavy atom. The molecule has 21 heavy (non-hydrogen) atoms. The standard InChI is InChI=1S/C16H17N3O2/c1-19-12-7-8-13(15(17)18)14(9-12)16(20)21-10-11-5-3-2-4-6-11/h2-9,19H,10H2,1H3,(H3,17,18). The summed E-state index contributed by atoms with van der Waals surface area (Å²) < 4.78 is 5.29. The topological polar surface area (TPSA) is 88.2 Å². The minimum atomic E-state index is -0.499. The van der Waals surface area contributed by atoms with E-state index in [0.717, 1.165) is 11.3 Å². The lowest BCUT2D eigenvalue weighted by atomic mass is 10.1. The van der Waals surface area contributed by atoms with Crippen LogP contribution >= 0.6 is 0 Å². The Labute approximate surface area is 123 Å². The predicted octanol–water partition coefficient (Wildman–Crippen LogP) is 2.37. The lowest BCUT2D eigenvalue weighted by molar-refractivity contribution is 0.0472. The average Bonchev–Trinajstić information content (AvgIpc) is 2.52. The summed E-state index contributed by atoms with van der Waals surface area (Å²) in [6, 6.07) is 14.4. The van der Waals surface area contributed by atoms with E-state index in [0.29, 0.717) is 5.56 Å². The van der Waals surface area contributed by atoms with Gasteiger partial charge in [0.05, 0.1) is 5.56 Å². The van der Waals surface area contributed by atoms with Crippen molar-refractivity contribution in [3.8, 4) is 0 Å². The highest BCUT2D eigenvalue weighted by Crippen LogP contribution is 2.17. The zero-order chi connectivity index (χ0) is 15.2. The molecule has 0 heterocycles. The number of anilines is 1. The molecule has 5 nitrogen and oxygen atoms in total. The molecule has 0 aliphatic heterocycles. The van der Waals surface area contributed by atoms with E-state index in [1.54, 1.807) is 25.2 Å². The maximum atomic E-state index is 12.2.